The number of primary amides is 1. The van der Waals surface area contributed by atoms with Crippen LogP contribution >= 0.6 is 0 Å². The molecule has 0 aliphatic rings. The van der Waals surface area contributed by atoms with E-state index in [1.165, 1.54) is 0 Å². The van der Waals surface area contributed by atoms with E-state index in [-0.39, 0.29) is 0 Å². The van der Waals surface area contributed by atoms with Crippen molar-refractivity contribution in [3.8, 4) is 11.5 Å². The molecule has 0 atom stereocenters. The minimum absolute atomic E-state index is 0.379. The van der Waals surface area contributed by atoms with Crippen molar-refractivity contribution in [2.45, 2.75) is 0 Å². The summed E-state index contributed by atoms with van der Waals surface area (Å²) in [5, 5.41) is 0.807. The van der Waals surface area contributed by atoms with Crippen LogP contribution in [0.25, 0.3) is 10.9 Å². The maximum atomic E-state index is 11.2. The molecule has 1 amide bonds. The molecule has 0 radical (unpaired) electrons. The van der Waals surface area contributed by atoms with Crippen molar-refractivity contribution in [1.82, 2.24) is 4.98 Å². The third kappa shape index (κ3) is 2.49. The van der Waals surface area contributed by atoms with Gasteiger partial charge in [-0.3, -0.25) is 9.78 Å². The second-order valence-corrected chi connectivity index (χ2v) is 4.55. The Hall–Kier alpha value is -3.08. The van der Waals surface area contributed by atoms with Crippen LogP contribution < -0.4 is 16.2 Å². The summed E-state index contributed by atoms with van der Waals surface area (Å²) in [6.07, 6.45) is 1.55. The average molecular weight is 279 g/mol. The summed E-state index contributed by atoms with van der Waals surface area (Å²) in [4.78, 5) is 15.5. The van der Waals surface area contributed by atoms with E-state index in [0.717, 1.165) is 10.9 Å². The zero-order valence-electron chi connectivity index (χ0n) is 11.1. The molecule has 5 nitrogen and oxygen atoms in total. The highest BCUT2D eigenvalue weighted by Gasteiger charge is 2.10. The summed E-state index contributed by atoms with van der Waals surface area (Å²) in [5.41, 5.74) is 12.8. The van der Waals surface area contributed by atoms with Crippen molar-refractivity contribution >= 4 is 22.5 Å². The van der Waals surface area contributed by atoms with E-state index in [1.807, 2.05) is 24.3 Å². The molecule has 5 heteroatoms. The third-order valence-electron chi connectivity index (χ3n) is 3.09. The van der Waals surface area contributed by atoms with Crippen molar-refractivity contribution in [3.63, 3.8) is 0 Å². The highest BCUT2D eigenvalue weighted by molar-refractivity contribution is 5.93. The van der Waals surface area contributed by atoms with Gasteiger partial charge in [0.2, 0.25) is 5.91 Å². The molecule has 4 N–H and O–H groups in total. The predicted molar refractivity (Wildman–Crippen MR) is 81.2 cm³/mol. The number of hydrogen-bond donors (Lipinski definition) is 2. The van der Waals surface area contributed by atoms with E-state index in [2.05, 4.69) is 4.98 Å². The topological polar surface area (TPSA) is 91.2 Å². The van der Waals surface area contributed by atoms with Crippen molar-refractivity contribution < 1.29 is 9.53 Å². The molecule has 0 saturated carbocycles. The molecule has 0 bridgehead atoms. The maximum absolute atomic E-state index is 11.2. The highest BCUT2D eigenvalue weighted by Crippen LogP contribution is 2.34. The van der Waals surface area contributed by atoms with Gasteiger partial charge in [-0.1, -0.05) is 18.2 Å². The number of aromatic nitrogens is 1. The first-order chi connectivity index (χ1) is 10.1. The molecule has 3 rings (SSSR count). The number of nitrogens with zero attached hydrogens (tertiary/aromatic N) is 1. The van der Waals surface area contributed by atoms with Gasteiger partial charge >= 0.3 is 0 Å². The number of ether oxygens (including phenoxy) is 1. The normalized spacial score (nSPS) is 10.5. The van der Waals surface area contributed by atoms with Crippen LogP contribution in [0.3, 0.4) is 0 Å². The SMILES string of the molecule is NC(=O)c1cccc(Oc2c(N)cnc3ccccc23)c1. The standard InChI is InChI=1S/C16H13N3O2/c17-13-9-19-14-7-2-1-6-12(14)15(13)21-11-5-3-4-10(8-11)16(18)20/h1-9H,17H2,(H2,18,20). The lowest BCUT2D eigenvalue weighted by Crippen LogP contribution is -2.10. The molecule has 0 fully saturated rings. The van der Waals surface area contributed by atoms with Crippen LogP contribution in [0.1, 0.15) is 10.4 Å². The second kappa shape index (κ2) is 5.13. The first kappa shape index (κ1) is 12.9. The van der Waals surface area contributed by atoms with E-state index < -0.39 is 5.91 Å². The van der Waals surface area contributed by atoms with Gasteiger partial charge < -0.3 is 16.2 Å². The molecule has 1 heterocycles. The number of nitrogen functional groups attached to an aromatic ring is 1. The smallest absolute Gasteiger partial charge is 0.248 e. The number of amides is 1. The number of benzene rings is 2. The van der Waals surface area contributed by atoms with E-state index in [1.54, 1.807) is 30.5 Å². The van der Waals surface area contributed by atoms with Crippen LogP contribution in [0.5, 0.6) is 11.5 Å². The van der Waals surface area contributed by atoms with Crippen LogP contribution in [-0.4, -0.2) is 10.9 Å². The van der Waals surface area contributed by atoms with Gasteiger partial charge in [0.05, 0.1) is 17.4 Å². The number of rotatable bonds is 3. The molecule has 0 saturated heterocycles. The molecule has 104 valence electrons. The number of carbonyl (C=O) groups is 1. The average Bonchev–Trinajstić information content (AvgIpc) is 2.50. The number of pyridine rings is 1. The molecule has 0 aliphatic heterocycles. The van der Waals surface area contributed by atoms with Crippen molar-refractivity contribution in [3.05, 3.63) is 60.3 Å². The van der Waals surface area contributed by atoms with Gasteiger partial charge in [0.25, 0.3) is 0 Å². The second-order valence-electron chi connectivity index (χ2n) is 4.55. The summed E-state index contributed by atoms with van der Waals surface area (Å²) in [5.74, 6) is 0.504. The van der Waals surface area contributed by atoms with Crippen LogP contribution in [0, 0.1) is 0 Å². The van der Waals surface area contributed by atoms with Gasteiger partial charge in [-0.2, -0.15) is 0 Å². The molecule has 2 aromatic carbocycles. The monoisotopic (exact) mass is 279 g/mol. The van der Waals surface area contributed by atoms with Gasteiger partial charge in [-0.15, -0.1) is 0 Å². The molecule has 3 aromatic rings. The summed E-state index contributed by atoms with van der Waals surface area (Å²) in [6.45, 7) is 0. The predicted octanol–water partition coefficient (Wildman–Crippen LogP) is 2.71. The Morgan fingerprint density at radius 2 is 1.90 bits per heavy atom. The quantitative estimate of drug-likeness (QED) is 0.771. The Labute approximate surface area is 121 Å². The zero-order valence-corrected chi connectivity index (χ0v) is 11.1. The first-order valence-electron chi connectivity index (χ1n) is 6.36. The van der Waals surface area contributed by atoms with Gasteiger partial charge in [-0.25, -0.2) is 0 Å². The Bertz CT molecular complexity index is 831. The van der Waals surface area contributed by atoms with Crippen molar-refractivity contribution in [1.29, 1.82) is 0 Å². The van der Waals surface area contributed by atoms with Crippen LogP contribution in [0.2, 0.25) is 0 Å². The minimum Gasteiger partial charge on any atom is -0.454 e. The largest absolute Gasteiger partial charge is 0.454 e. The van der Waals surface area contributed by atoms with E-state index >= 15 is 0 Å². The molecular formula is C16H13N3O2. The highest BCUT2D eigenvalue weighted by atomic mass is 16.5. The molecule has 0 aliphatic carbocycles. The fourth-order valence-corrected chi connectivity index (χ4v) is 2.08. The Morgan fingerprint density at radius 1 is 1.10 bits per heavy atom. The van der Waals surface area contributed by atoms with Gasteiger partial charge in [0.1, 0.15) is 5.75 Å². The summed E-state index contributed by atoms with van der Waals surface area (Å²) < 4.78 is 5.84. The van der Waals surface area contributed by atoms with Gasteiger partial charge in [0, 0.05) is 10.9 Å². The fraction of sp³-hybridized carbons (Fsp3) is 0. The lowest BCUT2D eigenvalue weighted by molar-refractivity contribution is 0.1000. The fourth-order valence-electron chi connectivity index (χ4n) is 2.08. The Balaban J connectivity index is 2.07. The number of hydrogen-bond acceptors (Lipinski definition) is 4. The number of anilines is 1. The van der Waals surface area contributed by atoms with Crippen LogP contribution in [0.15, 0.2) is 54.7 Å². The minimum atomic E-state index is -0.506. The maximum Gasteiger partial charge on any atom is 0.248 e. The summed E-state index contributed by atoms with van der Waals surface area (Å²) in [7, 11) is 0. The number of para-hydroxylation sites is 1. The van der Waals surface area contributed by atoms with Crippen molar-refractivity contribution in [2.24, 2.45) is 5.73 Å². The van der Waals surface area contributed by atoms with E-state index in [0.29, 0.717) is 22.7 Å². The lowest BCUT2D eigenvalue weighted by atomic mass is 10.2. The third-order valence-corrected chi connectivity index (χ3v) is 3.09. The first-order valence-corrected chi connectivity index (χ1v) is 6.36. The molecule has 0 spiro atoms. The molecule has 0 unspecified atom stereocenters. The lowest BCUT2D eigenvalue weighted by Gasteiger charge is -2.11. The Kier molecular flexibility index (Phi) is 3.16. The molecule has 21 heavy (non-hydrogen) atoms. The summed E-state index contributed by atoms with van der Waals surface area (Å²) in [6, 6.07) is 14.2. The Morgan fingerprint density at radius 3 is 2.71 bits per heavy atom. The summed E-state index contributed by atoms with van der Waals surface area (Å²) >= 11 is 0. The number of nitrogens with two attached hydrogens (primary N) is 2. The van der Waals surface area contributed by atoms with Crippen LogP contribution in [0.4, 0.5) is 5.69 Å². The van der Waals surface area contributed by atoms with Gasteiger partial charge in [0.15, 0.2) is 5.75 Å². The molecular weight excluding hydrogens is 266 g/mol. The number of carbonyl (C=O) groups excluding carboxylic acids is 1. The van der Waals surface area contributed by atoms with Crippen molar-refractivity contribution in [2.75, 3.05) is 5.73 Å². The van der Waals surface area contributed by atoms with E-state index in [4.69, 9.17) is 16.2 Å². The van der Waals surface area contributed by atoms with Crippen LogP contribution in [-0.2, 0) is 0 Å². The number of fused-ring (bicyclic) bond motifs is 1. The van der Waals surface area contributed by atoms with E-state index in [9.17, 15) is 4.79 Å². The molecule has 1 aromatic heterocycles. The zero-order chi connectivity index (χ0) is 14.8. The van der Waals surface area contributed by atoms with Gasteiger partial charge in [-0.05, 0) is 30.3 Å².